The van der Waals surface area contributed by atoms with Gasteiger partial charge in [0.2, 0.25) is 5.88 Å². The van der Waals surface area contributed by atoms with Crippen molar-refractivity contribution in [3.8, 4) is 11.6 Å². The number of hydrogen-bond acceptors (Lipinski definition) is 2. The van der Waals surface area contributed by atoms with Crippen molar-refractivity contribution < 1.29 is 18.3 Å². The lowest BCUT2D eigenvalue weighted by Crippen LogP contribution is -2.25. The molecule has 4 rings (SSSR count). The Hall–Kier alpha value is -2.44. The minimum absolute atomic E-state index is 0.0126. The van der Waals surface area contributed by atoms with Gasteiger partial charge in [0.15, 0.2) is 0 Å². The summed E-state index contributed by atoms with van der Waals surface area (Å²) in [5.74, 6) is -0.328. The molecule has 2 aliphatic rings. The average Bonchev–Trinajstić information content (AvgIpc) is 3.12. The van der Waals surface area contributed by atoms with Gasteiger partial charge in [0, 0.05) is 5.92 Å². The highest BCUT2D eigenvalue weighted by molar-refractivity contribution is 5.45. The molecule has 1 aromatic carbocycles. The van der Waals surface area contributed by atoms with E-state index in [9.17, 15) is 23.1 Å². The van der Waals surface area contributed by atoms with Crippen molar-refractivity contribution in [2.75, 3.05) is 0 Å². The predicted octanol–water partition coefficient (Wildman–Crippen LogP) is 2.96. The number of alkyl halides is 3. The molecule has 0 unspecified atom stereocenters. The predicted molar refractivity (Wildman–Crippen MR) is 72.2 cm³/mol. The quantitative estimate of drug-likeness (QED) is 0.823. The van der Waals surface area contributed by atoms with E-state index in [0.29, 0.717) is 5.69 Å². The fourth-order valence-electron chi connectivity index (χ4n) is 3.32. The third-order valence-corrected chi connectivity index (χ3v) is 4.27. The Morgan fingerprint density at radius 3 is 2.68 bits per heavy atom. The molecule has 0 spiro atoms. The Kier molecular flexibility index (Phi) is 2.44. The van der Waals surface area contributed by atoms with Crippen molar-refractivity contribution in [2.24, 2.45) is 0 Å². The van der Waals surface area contributed by atoms with Gasteiger partial charge in [-0.25, -0.2) is 9.36 Å². The van der Waals surface area contributed by atoms with Crippen LogP contribution in [0.1, 0.15) is 29.6 Å². The Balaban J connectivity index is 1.91. The Morgan fingerprint density at radius 2 is 2.00 bits per heavy atom. The van der Waals surface area contributed by atoms with Crippen LogP contribution in [0.5, 0.6) is 5.88 Å². The van der Waals surface area contributed by atoms with Gasteiger partial charge in [0.25, 0.3) is 0 Å². The van der Waals surface area contributed by atoms with Crippen LogP contribution in [0.3, 0.4) is 0 Å². The van der Waals surface area contributed by atoms with Crippen molar-refractivity contribution in [2.45, 2.75) is 24.6 Å². The van der Waals surface area contributed by atoms with E-state index < -0.39 is 17.4 Å². The van der Waals surface area contributed by atoms with Crippen LogP contribution in [0.4, 0.5) is 13.2 Å². The van der Waals surface area contributed by atoms with Crippen molar-refractivity contribution >= 4 is 0 Å². The summed E-state index contributed by atoms with van der Waals surface area (Å²) >= 11 is 0. The normalized spacial score (nSPS) is 22.3. The van der Waals surface area contributed by atoms with E-state index in [1.807, 2.05) is 12.2 Å². The van der Waals surface area contributed by atoms with E-state index in [0.717, 1.165) is 23.1 Å². The molecular formula is C15H11F3N2O2. The number of aromatic hydroxyl groups is 1. The van der Waals surface area contributed by atoms with E-state index >= 15 is 0 Å². The second-order valence-electron chi connectivity index (χ2n) is 5.54. The molecule has 2 heterocycles. The molecule has 7 heteroatoms. The van der Waals surface area contributed by atoms with Crippen LogP contribution in [0.15, 0.2) is 41.2 Å². The number of hydrogen-bond donors (Lipinski definition) is 1. The lowest BCUT2D eigenvalue weighted by molar-refractivity contribution is -0.137. The summed E-state index contributed by atoms with van der Waals surface area (Å²) in [5, 5.41) is 10.3. The van der Waals surface area contributed by atoms with Gasteiger partial charge >= 0.3 is 11.9 Å². The summed E-state index contributed by atoms with van der Waals surface area (Å²) in [5.41, 5.74) is -0.874. The average molecular weight is 308 g/mol. The zero-order chi connectivity index (χ0) is 15.6. The second kappa shape index (κ2) is 4.06. The van der Waals surface area contributed by atoms with Crippen LogP contribution < -0.4 is 5.69 Å². The highest BCUT2D eigenvalue weighted by atomic mass is 19.4. The van der Waals surface area contributed by atoms with Crippen molar-refractivity contribution in [1.82, 2.24) is 9.13 Å². The minimum Gasteiger partial charge on any atom is -0.493 e. The molecule has 22 heavy (non-hydrogen) atoms. The first-order valence-electron chi connectivity index (χ1n) is 6.80. The lowest BCUT2D eigenvalue weighted by atomic mass is 10.1. The van der Waals surface area contributed by atoms with Crippen LogP contribution in [-0.4, -0.2) is 14.2 Å². The van der Waals surface area contributed by atoms with Gasteiger partial charge in [-0.05, 0) is 24.6 Å². The number of allylic oxidation sites excluding steroid dienone is 2. The summed E-state index contributed by atoms with van der Waals surface area (Å²) in [6.45, 7) is 0. The van der Waals surface area contributed by atoms with Crippen molar-refractivity contribution in [3.63, 3.8) is 0 Å². The van der Waals surface area contributed by atoms with Gasteiger partial charge in [0.05, 0.1) is 23.0 Å². The molecule has 0 saturated carbocycles. The maximum Gasteiger partial charge on any atom is 0.416 e. The molecule has 0 radical (unpaired) electrons. The highest BCUT2D eigenvalue weighted by Gasteiger charge is 2.39. The van der Waals surface area contributed by atoms with Gasteiger partial charge in [-0.15, -0.1) is 0 Å². The second-order valence-corrected chi connectivity index (χ2v) is 5.54. The first-order chi connectivity index (χ1) is 10.4. The minimum atomic E-state index is -4.50. The van der Waals surface area contributed by atoms with E-state index in [-0.39, 0.29) is 23.5 Å². The molecule has 2 aromatic rings. The Bertz CT molecular complexity index is 861. The molecule has 2 atom stereocenters. The molecule has 1 N–H and O–H groups in total. The summed E-state index contributed by atoms with van der Waals surface area (Å²) in [6, 6.07) is 4.28. The van der Waals surface area contributed by atoms with Gasteiger partial charge < -0.3 is 5.11 Å². The molecule has 4 nitrogen and oxygen atoms in total. The highest BCUT2D eigenvalue weighted by Crippen LogP contribution is 2.46. The van der Waals surface area contributed by atoms with E-state index in [1.165, 1.54) is 16.7 Å². The number of nitrogens with zero attached hydrogens (tertiary/aromatic N) is 2. The summed E-state index contributed by atoms with van der Waals surface area (Å²) in [4.78, 5) is 12.5. The lowest BCUT2D eigenvalue weighted by Gasteiger charge is -2.10. The van der Waals surface area contributed by atoms with E-state index in [2.05, 4.69) is 0 Å². The molecule has 0 saturated heterocycles. The molecule has 1 aromatic heterocycles. The molecular weight excluding hydrogens is 297 g/mol. The monoisotopic (exact) mass is 308 g/mol. The molecule has 0 fully saturated rings. The summed E-state index contributed by atoms with van der Waals surface area (Å²) in [6.07, 6.45) is 0.0183. The first-order valence-corrected chi connectivity index (χ1v) is 6.80. The zero-order valence-electron chi connectivity index (χ0n) is 11.2. The fourth-order valence-corrected chi connectivity index (χ4v) is 3.32. The number of rotatable bonds is 1. The van der Waals surface area contributed by atoms with Gasteiger partial charge in [0.1, 0.15) is 0 Å². The molecule has 114 valence electrons. The first kappa shape index (κ1) is 13.2. The number of imidazole rings is 1. The van der Waals surface area contributed by atoms with Gasteiger partial charge in [-0.3, -0.25) is 4.57 Å². The van der Waals surface area contributed by atoms with Crippen LogP contribution >= 0.6 is 0 Å². The summed E-state index contributed by atoms with van der Waals surface area (Å²) < 4.78 is 40.8. The van der Waals surface area contributed by atoms with Crippen LogP contribution in [-0.2, 0) is 6.18 Å². The Labute approximate surface area is 122 Å². The fraction of sp³-hybridized carbons (Fsp3) is 0.267. The number of aromatic nitrogens is 2. The third kappa shape index (κ3) is 1.62. The van der Waals surface area contributed by atoms with Gasteiger partial charge in [-0.2, -0.15) is 13.2 Å². The maximum absolute atomic E-state index is 12.8. The number of benzene rings is 1. The number of halogens is 3. The number of fused-ring (bicyclic) bond motifs is 5. The topological polar surface area (TPSA) is 47.2 Å². The smallest absolute Gasteiger partial charge is 0.416 e. The summed E-state index contributed by atoms with van der Waals surface area (Å²) in [7, 11) is 0. The maximum atomic E-state index is 12.8. The standard InChI is InChI=1S/C15H11F3N2O2/c16-15(17,18)9-2-1-3-10(7-9)20-13(21)12-8-4-5-11(6-8)19(12)14(20)22/h1-5,7-8,11,21H,6H2/t8-,11+/m1/s1. The van der Waals surface area contributed by atoms with Crippen LogP contribution in [0.25, 0.3) is 5.69 Å². The molecule has 1 aliphatic heterocycles. The van der Waals surface area contributed by atoms with E-state index in [4.69, 9.17) is 0 Å². The molecule has 0 amide bonds. The van der Waals surface area contributed by atoms with E-state index in [1.54, 1.807) is 0 Å². The van der Waals surface area contributed by atoms with Crippen LogP contribution in [0.2, 0.25) is 0 Å². The van der Waals surface area contributed by atoms with Crippen molar-refractivity contribution in [3.05, 3.63) is 58.2 Å². The molecule has 1 aliphatic carbocycles. The largest absolute Gasteiger partial charge is 0.493 e. The zero-order valence-corrected chi connectivity index (χ0v) is 11.2. The van der Waals surface area contributed by atoms with Gasteiger partial charge in [-0.1, -0.05) is 18.2 Å². The third-order valence-electron chi connectivity index (χ3n) is 4.27. The molecule has 2 bridgehead atoms. The SMILES string of the molecule is O=c1n(-c2cccc(C(F)(F)F)c2)c(O)c2n1[C@H]1C=C[C@@H]2C1. The Morgan fingerprint density at radius 1 is 1.23 bits per heavy atom. The van der Waals surface area contributed by atoms with Crippen LogP contribution in [0, 0.1) is 0 Å². The van der Waals surface area contributed by atoms with Crippen molar-refractivity contribution in [1.29, 1.82) is 0 Å².